The molecule has 2 atom stereocenters. The van der Waals surface area contributed by atoms with Crippen molar-refractivity contribution in [3.05, 3.63) is 30.4 Å². The number of hydrogen-bond acceptors (Lipinski definition) is 4. The fraction of sp³-hybridized carbons (Fsp3) is 0.588. The van der Waals surface area contributed by atoms with Crippen LogP contribution in [0.1, 0.15) is 32.9 Å². The normalized spacial score (nSPS) is 13.4. The van der Waals surface area contributed by atoms with Crippen LogP contribution in [0.15, 0.2) is 24.7 Å². The lowest BCUT2D eigenvalue weighted by Crippen LogP contribution is -2.53. The van der Waals surface area contributed by atoms with Crippen LogP contribution in [0.25, 0.3) is 0 Å². The summed E-state index contributed by atoms with van der Waals surface area (Å²) in [6.45, 7) is 10.1. The smallest absolute Gasteiger partial charge is 0.243 e. The highest BCUT2D eigenvalue weighted by atomic mass is 16.2. The first-order chi connectivity index (χ1) is 11.3. The Balaban J connectivity index is 2.77. The van der Waals surface area contributed by atoms with Gasteiger partial charge in [0, 0.05) is 24.9 Å². The number of amides is 2. The first-order valence-electron chi connectivity index (χ1n) is 8.20. The van der Waals surface area contributed by atoms with Gasteiger partial charge in [-0.05, 0) is 26.3 Å². The number of H-pyrrole nitrogens is 1. The Bertz CT molecular complexity index is 539. The Morgan fingerprint density at radius 3 is 2.50 bits per heavy atom. The second-order valence-electron chi connectivity index (χ2n) is 6.49. The van der Waals surface area contributed by atoms with Gasteiger partial charge in [-0.3, -0.25) is 9.59 Å². The minimum absolute atomic E-state index is 0.179. The zero-order valence-corrected chi connectivity index (χ0v) is 15.0. The number of aromatic amines is 1. The number of carbonyl (C=O) groups excluding carboxylic acids is 2. The summed E-state index contributed by atoms with van der Waals surface area (Å²) < 4.78 is 0. The van der Waals surface area contributed by atoms with Gasteiger partial charge in [0.05, 0.1) is 12.4 Å². The zero-order valence-electron chi connectivity index (χ0n) is 15.0. The quantitative estimate of drug-likeness (QED) is 0.475. The monoisotopic (exact) mass is 335 g/mol. The van der Waals surface area contributed by atoms with Gasteiger partial charge in [0.25, 0.3) is 0 Å². The van der Waals surface area contributed by atoms with Crippen molar-refractivity contribution in [1.82, 2.24) is 25.9 Å². The molecule has 4 N–H and O–H groups in total. The van der Waals surface area contributed by atoms with E-state index in [1.807, 2.05) is 6.92 Å². The molecule has 0 fully saturated rings. The Kier molecular flexibility index (Phi) is 8.18. The van der Waals surface area contributed by atoms with E-state index < -0.39 is 6.04 Å². The number of nitrogens with zero attached hydrogens (tertiary/aromatic N) is 1. The summed E-state index contributed by atoms with van der Waals surface area (Å²) in [6.07, 6.45) is 4.25. The van der Waals surface area contributed by atoms with Crippen molar-refractivity contribution in [2.75, 3.05) is 13.6 Å². The zero-order chi connectivity index (χ0) is 18.1. The highest BCUT2D eigenvalue weighted by Crippen LogP contribution is 2.06. The van der Waals surface area contributed by atoms with Crippen LogP contribution < -0.4 is 16.0 Å². The third-order valence-electron chi connectivity index (χ3n) is 3.55. The second kappa shape index (κ2) is 9.87. The molecule has 1 aromatic rings. The predicted octanol–water partition coefficient (Wildman–Crippen LogP) is 0.763. The van der Waals surface area contributed by atoms with Crippen molar-refractivity contribution in [3.8, 4) is 0 Å². The summed E-state index contributed by atoms with van der Waals surface area (Å²) in [5, 5.41) is 8.64. The minimum Gasteiger partial charge on any atom is -0.351 e. The Morgan fingerprint density at radius 2 is 2.00 bits per heavy atom. The molecule has 0 aliphatic heterocycles. The van der Waals surface area contributed by atoms with Gasteiger partial charge in [-0.2, -0.15) is 0 Å². The van der Waals surface area contributed by atoms with Gasteiger partial charge >= 0.3 is 0 Å². The van der Waals surface area contributed by atoms with E-state index in [0.717, 1.165) is 11.3 Å². The molecule has 0 saturated carbocycles. The molecular formula is C17H29N5O2. The molecule has 0 bridgehead atoms. The summed E-state index contributed by atoms with van der Waals surface area (Å²) in [5.74, 6) is -0.0435. The predicted molar refractivity (Wildman–Crippen MR) is 94.3 cm³/mol. The molecule has 2 amide bonds. The van der Waals surface area contributed by atoms with Crippen LogP contribution in [0.4, 0.5) is 0 Å². The van der Waals surface area contributed by atoms with E-state index in [2.05, 4.69) is 46.3 Å². The largest absolute Gasteiger partial charge is 0.351 e. The van der Waals surface area contributed by atoms with E-state index in [4.69, 9.17) is 0 Å². The third-order valence-corrected chi connectivity index (χ3v) is 3.55. The molecule has 0 aliphatic carbocycles. The average Bonchev–Trinajstić information content (AvgIpc) is 3.02. The van der Waals surface area contributed by atoms with Crippen LogP contribution >= 0.6 is 0 Å². The molecule has 0 saturated heterocycles. The molecule has 0 aliphatic rings. The van der Waals surface area contributed by atoms with E-state index >= 15 is 0 Å². The first kappa shape index (κ1) is 19.9. The fourth-order valence-corrected chi connectivity index (χ4v) is 2.29. The van der Waals surface area contributed by atoms with Gasteiger partial charge in [-0.15, -0.1) is 0 Å². The van der Waals surface area contributed by atoms with Crippen LogP contribution in [0.5, 0.6) is 0 Å². The number of nitrogens with one attached hydrogen (secondary N) is 4. The number of hydrogen-bond donors (Lipinski definition) is 4. The number of carbonyl (C=O) groups is 2. The van der Waals surface area contributed by atoms with Crippen LogP contribution in [0.3, 0.4) is 0 Å². The number of imidazole rings is 1. The lowest BCUT2D eigenvalue weighted by molar-refractivity contribution is -0.130. The van der Waals surface area contributed by atoms with Crippen LogP contribution in [-0.4, -0.2) is 47.5 Å². The molecule has 1 rings (SSSR count). The topological polar surface area (TPSA) is 98.9 Å². The molecule has 134 valence electrons. The van der Waals surface area contributed by atoms with Gasteiger partial charge < -0.3 is 20.9 Å². The maximum atomic E-state index is 12.5. The van der Waals surface area contributed by atoms with Crippen LogP contribution in [0.2, 0.25) is 0 Å². The summed E-state index contributed by atoms with van der Waals surface area (Å²) in [4.78, 5) is 31.8. The maximum absolute atomic E-state index is 12.5. The maximum Gasteiger partial charge on any atom is 0.243 e. The molecule has 2 unspecified atom stereocenters. The summed E-state index contributed by atoms with van der Waals surface area (Å²) in [6, 6.07) is -0.997. The highest BCUT2D eigenvalue weighted by Gasteiger charge is 2.25. The lowest BCUT2D eigenvalue weighted by Gasteiger charge is -2.23. The Hall–Kier alpha value is -2.15. The lowest BCUT2D eigenvalue weighted by atomic mass is 10.0. The molecule has 0 aromatic carbocycles. The summed E-state index contributed by atoms with van der Waals surface area (Å²) in [7, 11) is 1.75. The molecular weight excluding hydrogens is 306 g/mol. The Morgan fingerprint density at radius 1 is 1.29 bits per heavy atom. The molecule has 7 nitrogen and oxygen atoms in total. The SMILES string of the molecule is C=C(C)CNC(=O)C(Cc1cnc[nH]1)NC(=O)C(CC(C)C)NC. The van der Waals surface area contributed by atoms with Crippen molar-refractivity contribution in [1.29, 1.82) is 0 Å². The van der Waals surface area contributed by atoms with Gasteiger partial charge in [-0.25, -0.2) is 4.98 Å². The highest BCUT2D eigenvalue weighted by molar-refractivity contribution is 5.90. The molecule has 0 spiro atoms. The van der Waals surface area contributed by atoms with E-state index in [1.165, 1.54) is 0 Å². The van der Waals surface area contributed by atoms with Crippen molar-refractivity contribution >= 4 is 11.8 Å². The molecule has 24 heavy (non-hydrogen) atoms. The third kappa shape index (κ3) is 6.95. The van der Waals surface area contributed by atoms with E-state index in [0.29, 0.717) is 25.3 Å². The van der Waals surface area contributed by atoms with Gasteiger partial charge in [-0.1, -0.05) is 26.0 Å². The van der Waals surface area contributed by atoms with E-state index in [9.17, 15) is 9.59 Å². The minimum atomic E-state index is -0.666. The standard InChI is InChI=1S/C17H29N5O2/c1-11(2)6-14(18-5)17(24)22-15(7-13-9-19-10-21-13)16(23)20-8-12(3)4/h9-11,14-15,18H,3,6-8H2,1-2,4-5H3,(H,19,21)(H,20,23)(H,22,24). The van der Waals surface area contributed by atoms with Gasteiger partial charge in [0.2, 0.25) is 11.8 Å². The molecule has 7 heteroatoms. The second-order valence-corrected chi connectivity index (χ2v) is 6.49. The van der Waals surface area contributed by atoms with Crippen molar-refractivity contribution in [3.63, 3.8) is 0 Å². The van der Waals surface area contributed by atoms with Crippen LogP contribution in [0, 0.1) is 5.92 Å². The van der Waals surface area contributed by atoms with Gasteiger partial charge in [0.15, 0.2) is 0 Å². The molecule has 1 aromatic heterocycles. The molecule has 0 radical (unpaired) electrons. The van der Waals surface area contributed by atoms with E-state index in [1.54, 1.807) is 19.6 Å². The van der Waals surface area contributed by atoms with Gasteiger partial charge in [0.1, 0.15) is 6.04 Å². The fourth-order valence-electron chi connectivity index (χ4n) is 2.29. The van der Waals surface area contributed by atoms with Crippen molar-refractivity contribution < 1.29 is 9.59 Å². The first-order valence-corrected chi connectivity index (χ1v) is 8.20. The van der Waals surface area contributed by atoms with Crippen molar-refractivity contribution in [2.24, 2.45) is 5.92 Å². The van der Waals surface area contributed by atoms with E-state index in [-0.39, 0.29) is 17.9 Å². The Labute approximate surface area is 143 Å². The number of aromatic nitrogens is 2. The summed E-state index contributed by atoms with van der Waals surface area (Å²) in [5.41, 5.74) is 1.64. The number of rotatable bonds is 10. The molecule has 1 heterocycles. The van der Waals surface area contributed by atoms with Crippen LogP contribution in [-0.2, 0) is 16.0 Å². The number of likely N-dealkylation sites (N-methyl/N-ethyl adjacent to an activating group) is 1. The summed E-state index contributed by atoms with van der Waals surface area (Å²) >= 11 is 0. The van der Waals surface area contributed by atoms with Crippen molar-refractivity contribution in [2.45, 2.75) is 45.7 Å². The average molecular weight is 335 g/mol.